The van der Waals surface area contributed by atoms with Crippen LogP contribution in [0, 0.1) is 17.3 Å². The van der Waals surface area contributed by atoms with E-state index in [0.717, 1.165) is 18.4 Å². The Morgan fingerprint density at radius 1 is 1.26 bits per heavy atom. The monoisotopic (exact) mass is 323 g/mol. The largest absolute Gasteiger partial charge is 0.319 e. The van der Waals surface area contributed by atoms with Gasteiger partial charge in [-0.25, -0.2) is 0 Å². The molecule has 1 aliphatic rings. The Kier molecular flexibility index (Phi) is 5.08. The normalized spacial score (nSPS) is 26.3. The molecule has 1 nitrogen and oxygen atoms in total. The maximum absolute atomic E-state index is 3.69. The second kappa shape index (κ2) is 6.41. The van der Waals surface area contributed by atoms with E-state index in [2.05, 4.69) is 66.4 Å². The van der Waals surface area contributed by atoms with Crippen molar-refractivity contribution in [1.82, 2.24) is 5.32 Å². The van der Waals surface area contributed by atoms with Gasteiger partial charge in [0.15, 0.2) is 0 Å². The first-order valence-electron chi connectivity index (χ1n) is 7.40. The van der Waals surface area contributed by atoms with Crippen molar-refractivity contribution < 1.29 is 0 Å². The predicted octanol–water partition coefficient (Wildman–Crippen LogP) is 4.65. The molecular weight excluding hydrogens is 298 g/mol. The van der Waals surface area contributed by atoms with Crippen LogP contribution in [-0.2, 0) is 6.42 Å². The average Bonchev–Trinajstić information content (AvgIpc) is 2.35. The molecule has 2 atom stereocenters. The minimum Gasteiger partial charge on any atom is -0.319 e. The molecule has 0 spiro atoms. The third-order valence-corrected chi connectivity index (χ3v) is 5.35. The number of hydrogen-bond donors (Lipinski definition) is 1. The molecule has 1 aliphatic carbocycles. The second-order valence-corrected chi connectivity index (χ2v) is 7.63. The lowest BCUT2D eigenvalue weighted by atomic mass is 9.65. The predicted molar refractivity (Wildman–Crippen MR) is 86.4 cm³/mol. The summed E-state index contributed by atoms with van der Waals surface area (Å²) in [5.74, 6) is 1.63. The summed E-state index contributed by atoms with van der Waals surface area (Å²) in [5.41, 5.74) is 1.97. The molecule has 1 aromatic carbocycles. The fourth-order valence-corrected chi connectivity index (χ4v) is 3.95. The van der Waals surface area contributed by atoms with Crippen molar-refractivity contribution >= 4 is 15.9 Å². The summed E-state index contributed by atoms with van der Waals surface area (Å²) >= 11 is 3.69. The van der Waals surface area contributed by atoms with Crippen LogP contribution in [0.5, 0.6) is 0 Å². The van der Waals surface area contributed by atoms with Gasteiger partial charge in [-0.1, -0.05) is 48.0 Å². The van der Waals surface area contributed by atoms with Crippen LogP contribution in [0.25, 0.3) is 0 Å². The Balaban J connectivity index is 2.11. The van der Waals surface area contributed by atoms with Gasteiger partial charge in [-0.2, -0.15) is 0 Å². The molecule has 0 heterocycles. The molecule has 1 aromatic rings. The molecule has 106 valence electrons. The molecule has 1 fully saturated rings. The topological polar surface area (TPSA) is 12.0 Å². The molecular formula is C17H26BrN. The quantitative estimate of drug-likeness (QED) is 0.850. The van der Waals surface area contributed by atoms with Gasteiger partial charge in [-0.05, 0) is 68.2 Å². The van der Waals surface area contributed by atoms with Crippen LogP contribution in [0.4, 0.5) is 0 Å². The van der Waals surface area contributed by atoms with Crippen LogP contribution in [0.3, 0.4) is 0 Å². The minimum absolute atomic E-state index is 0.510. The van der Waals surface area contributed by atoms with Gasteiger partial charge in [0.2, 0.25) is 0 Å². The van der Waals surface area contributed by atoms with E-state index in [1.165, 1.54) is 35.7 Å². The lowest BCUT2D eigenvalue weighted by Crippen LogP contribution is -2.36. The summed E-state index contributed by atoms with van der Waals surface area (Å²) in [7, 11) is 2.08. The zero-order valence-corrected chi connectivity index (χ0v) is 14.0. The van der Waals surface area contributed by atoms with Gasteiger partial charge >= 0.3 is 0 Å². The summed E-state index contributed by atoms with van der Waals surface area (Å²) in [5, 5.41) is 3.38. The fourth-order valence-electron chi connectivity index (χ4n) is 3.51. The molecule has 1 N–H and O–H groups in total. The van der Waals surface area contributed by atoms with Crippen molar-refractivity contribution in [1.29, 1.82) is 0 Å². The Morgan fingerprint density at radius 2 is 2.00 bits per heavy atom. The molecule has 0 amide bonds. The van der Waals surface area contributed by atoms with Gasteiger partial charge in [0, 0.05) is 4.47 Å². The van der Waals surface area contributed by atoms with Crippen LogP contribution in [-0.4, -0.2) is 13.6 Å². The van der Waals surface area contributed by atoms with Crippen molar-refractivity contribution in [2.24, 2.45) is 17.3 Å². The Bertz CT molecular complexity index is 413. The number of nitrogens with one attached hydrogen (secondary N) is 1. The molecule has 1 saturated carbocycles. The smallest absolute Gasteiger partial charge is 0.0207 e. The summed E-state index contributed by atoms with van der Waals surface area (Å²) in [6, 6.07) is 8.68. The molecule has 2 heteroatoms. The zero-order valence-electron chi connectivity index (χ0n) is 12.4. The van der Waals surface area contributed by atoms with Crippen LogP contribution < -0.4 is 5.32 Å². The first kappa shape index (κ1) is 15.1. The van der Waals surface area contributed by atoms with E-state index < -0.39 is 0 Å². The van der Waals surface area contributed by atoms with E-state index in [9.17, 15) is 0 Å². The van der Waals surface area contributed by atoms with Gasteiger partial charge in [0.25, 0.3) is 0 Å². The fraction of sp³-hybridized carbons (Fsp3) is 0.647. The maximum atomic E-state index is 3.69. The third kappa shape index (κ3) is 4.06. The van der Waals surface area contributed by atoms with E-state index in [-0.39, 0.29) is 0 Å². The van der Waals surface area contributed by atoms with Crippen molar-refractivity contribution in [3.05, 3.63) is 34.3 Å². The number of benzene rings is 1. The summed E-state index contributed by atoms with van der Waals surface area (Å²) < 4.78 is 1.27. The Hall–Kier alpha value is -0.340. The summed E-state index contributed by atoms with van der Waals surface area (Å²) in [6.07, 6.45) is 5.28. The molecule has 2 rings (SSSR count). The molecule has 2 unspecified atom stereocenters. The number of rotatable bonds is 4. The second-order valence-electron chi connectivity index (χ2n) is 6.78. The number of halogens is 1. The minimum atomic E-state index is 0.510. The van der Waals surface area contributed by atoms with Gasteiger partial charge < -0.3 is 5.32 Å². The first-order valence-corrected chi connectivity index (χ1v) is 8.19. The molecule has 0 radical (unpaired) electrons. The van der Waals surface area contributed by atoms with Crippen LogP contribution in [0.2, 0.25) is 0 Å². The van der Waals surface area contributed by atoms with Gasteiger partial charge in [-0.15, -0.1) is 0 Å². The highest BCUT2D eigenvalue weighted by molar-refractivity contribution is 9.10. The van der Waals surface area contributed by atoms with Gasteiger partial charge in [0.1, 0.15) is 0 Å². The zero-order chi connectivity index (χ0) is 13.9. The molecule has 0 saturated heterocycles. The van der Waals surface area contributed by atoms with Gasteiger partial charge in [0.05, 0.1) is 0 Å². The van der Waals surface area contributed by atoms with E-state index in [1.54, 1.807) is 0 Å². The Labute approximate surface area is 126 Å². The Morgan fingerprint density at radius 3 is 2.68 bits per heavy atom. The van der Waals surface area contributed by atoms with E-state index >= 15 is 0 Å². The molecule has 0 bridgehead atoms. The highest BCUT2D eigenvalue weighted by Crippen LogP contribution is 2.43. The van der Waals surface area contributed by atoms with E-state index in [0.29, 0.717) is 5.41 Å². The highest BCUT2D eigenvalue weighted by atomic mass is 79.9. The van der Waals surface area contributed by atoms with Crippen molar-refractivity contribution in [3.8, 4) is 0 Å². The molecule has 0 aromatic heterocycles. The molecule has 0 aliphatic heterocycles. The first-order chi connectivity index (χ1) is 9.02. The van der Waals surface area contributed by atoms with Crippen molar-refractivity contribution in [2.45, 2.75) is 39.5 Å². The van der Waals surface area contributed by atoms with E-state index in [4.69, 9.17) is 0 Å². The van der Waals surface area contributed by atoms with Crippen LogP contribution in [0.15, 0.2) is 28.7 Å². The van der Waals surface area contributed by atoms with Crippen LogP contribution >= 0.6 is 15.9 Å². The standard InChI is InChI=1S/C17H26BrN/c1-17(2)9-8-14(12-19-3)15(11-17)10-13-6-4-5-7-16(13)18/h4-7,14-15,19H,8-12H2,1-3H3. The number of hydrogen-bond acceptors (Lipinski definition) is 1. The molecule has 19 heavy (non-hydrogen) atoms. The van der Waals surface area contributed by atoms with Gasteiger partial charge in [-0.3, -0.25) is 0 Å². The lowest BCUT2D eigenvalue weighted by molar-refractivity contribution is 0.117. The van der Waals surface area contributed by atoms with Crippen LogP contribution in [0.1, 0.15) is 38.7 Å². The summed E-state index contributed by atoms with van der Waals surface area (Å²) in [4.78, 5) is 0. The lowest BCUT2D eigenvalue weighted by Gasteiger charge is -2.41. The van der Waals surface area contributed by atoms with E-state index in [1.807, 2.05) is 0 Å². The van der Waals surface area contributed by atoms with Crippen molar-refractivity contribution in [2.75, 3.05) is 13.6 Å². The summed E-state index contributed by atoms with van der Waals surface area (Å²) in [6.45, 7) is 6.01. The highest BCUT2D eigenvalue weighted by Gasteiger charge is 2.34. The SMILES string of the molecule is CNCC1CCC(C)(C)CC1Cc1ccccc1Br. The third-order valence-electron chi connectivity index (χ3n) is 4.58. The maximum Gasteiger partial charge on any atom is 0.0207 e. The average molecular weight is 324 g/mol. The van der Waals surface area contributed by atoms with Crippen molar-refractivity contribution in [3.63, 3.8) is 0 Å².